The molecule has 0 heterocycles. The van der Waals surface area contributed by atoms with Crippen LogP contribution in [0.3, 0.4) is 0 Å². The molecule has 0 nitrogen and oxygen atoms in total. The van der Waals surface area contributed by atoms with Crippen LogP contribution >= 0.6 is 0 Å². The van der Waals surface area contributed by atoms with Crippen molar-refractivity contribution < 1.29 is 0 Å². The van der Waals surface area contributed by atoms with Crippen LogP contribution < -0.4 is 0 Å². The molecule has 0 heteroatoms. The molecule has 1 aliphatic carbocycles. The highest BCUT2D eigenvalue weighted by atomic mass is 14.1. The molecule has 0 radical (unpaired) electrons. The SMILES string of the molecule is C1=CCCCCC(c2cccc3ccc4cc5ccccc5cc4c23)=C1. The highest BCUT2D eigenvalue weighted by Crippen LogP contribution is 2.36. The first-order chi connectivity index (χ1) is 12.9. The third-order valence-corrected chi connectivity index (χ3v) is 5.57. The van der Waals surface area contributed by atoms with E-state index in [1.807, 2.05) is 0 Å². The number of fused-ring (bicyclic) bond motifs is 4. The van der Waals surface area contributed by atoms with Crippen LogP contribution in [0.2, 0.25) is 0 Å². The topological polar surface area (TPSA) is 0 Å². The second-order valence-corrected chi connectivity index (χ2v) is 7.26. The molecule has 0 saturated heterocycles. The molecular formula is C26H22. The summed E-state index contributed by atoms with van der Waals surface area (Å²) in [4.78, 5) is 0. The molecule has 1 aliphatic rings. The fraction of sp³-hybridized carbons (Fsp3) is 0.154. The van der Waals surface area contributed by atoms with Gasteiger partial charge in [0.05, 0.1) is 0 Å². The van der Waals surface area contributed by atoms with Crippen molar-refractivity contribution in [3.8, 4) is 0 Å². The van der Waals surface area contributed by atoms with Gasteiger partial charge in [0.25, 0.3) is 0 Å². The molecule has 0 aliphatic heterocycles. The number of hydrogen-bond acceptors (Lipinski definition) is 0. The molecule has 0 spiro atoms. The summed E-state index contributed by atoms with van der Waals surface area (Å²) in [6.07, 6.45) is 11.8. The summed E-state index contributed by atoms with van der Waals surface area (Å²) in [5.41, 5.74) is 2.86. The summed E-state index contributed by atoms with van der Waals surface area (Å²) < 4.78 is 0. The Bertz CT molecular complexity index is 1170. The Morgan fingerprint density at radius 3 is 2.38 bits per heavy atom. The zero-order chi connectivity index (χ0) is 17.3. The van der Waals surface area contributed by atoms with Gasteiger partial charge < -0.3 is 0 Å². The molecule has 5 rings (SSSR count). The molecule has 0 amide bonds. The van der Waals surface area contributed by atoms with E-state index < -0.39 is 0 Å². The average Bonchev–Trinajstić information content (AvgIpc) is 2.66. The van der Waals surface area contributed by atoms with Crippen molar-refractivity contribution in [2.24, 2.45) is 0 Å². The third-order valence-electron chi connectivity index (χ3n) is 5.57. The molecule has 126 valence electrons. The summed E-state index contributed by atoms with van der Waals surface area (Å²) in [5, 5.41) is 8.04. The van der Waals surface area contributed by atoms with Gasteiger partial charge in [-0.15, -0.1) is 0 Å². The maximum Gasteiger partial charge on any atom is -0.00298 e. The van der Waals surface area contributed by atoms with Crippen molar-refractivity contribution in [2.45, 2.75) is 25.7 Å². The van der Waals surface area contributed by atoms with Crippen LogP contribution in [0.4, 0.5) is 0 Å². The monoisotopic (exact) mass is 334 g/mol. The van der Waals surface area contributed by atoms with E-state index in [0.717, 1.165) is 6.42 Å². The number of allylic oxidation sites excluding steroid dienone is 4. The van der Waals surface area contributed by atoms with E-state index in [9.17, 15) is 0 Å². The zero-order valence-electron chi connectivity index (χ0n) is 14.9. The lowest BCUT2D eigenvalue weighted by Gasteiger charge is -2.15. The summed E-state index contributed by atoms with van der Waals surface area (Å²) in [7, 11) is 0. The predicted octanol–water partition coefficient (Wildman–Crippen LogP) is 7.66. The third kappa shape index (κ3) is 2.63. The molecule has 0 atom stereocenters. The first kappa shape index (κ1) is 15.4. The molecule has 0 N–H and O–H groups in total. The van der Waals surface area contributed by atoms with Crippen molar-refractivity contribution in [3.63, 3.8) is 0 Å². The van der Waals surface area contributed by atoms with E-state index in [1.54, 1.807) is 0 Å². The predicted molar refractivity (Wildman–Crippen MR) is 115 cm³/mol. The quantitative estimate of drug-likeness (QED) is 0.247. The van der Waals surface area contributed by atoms with Crippen LogP contribution in [-0.2, 0) is 0 Å². The van der Waals surface area contributed by atoms with Gasteiger partial charge in [0, 0.05) is 0 Å². The summed E-state index contributed by atoms with van der Waals surface area (Å²) in [6.45, 7) is 0. The van der Waals surface area contributed by atoms with Crippen molar-refractivity contribution in [1.82, 2.24) is 0 Å². The summed E-state index contributed by atoms with van der Waals surface area (Å²) >= 11 is 0. The molecule has 0 fully saturated rings. The van der Waals surface area contributed by atoms with Gasteiger partial charge in [0.1, 0.15) is 0 Å². The normalized spacial score (nSPS) is 15.2. The van der Waals surface area contributed by atoms with Gasteiger partial charge >= 0.3 is 0 Å². The smallest absolute Gasteiger partial charge is 0.00298 e. The van der Waals surface area contributed by atoms with Crippen molar-refractivity contribution in [1.29, 1.82) is 0 Å². The molecule has 0 unspecified atom stereocenters. The second-order valence-electron chi connectivity index (χ2n) is 7.26. The van der Waals surface area contributed by atoms with Crippen LogP contribution in [0.5, 0.6) is 0 Å². The Morgan fingerprint density at radius 2 is 1.46 bits per heavy atom. The number of benzene rings is 4. The Morgan fingerprint density at radius 1 is 0.654 bits per heavy atom. The lowest BCUT2D eigenvalue weighted by atomic mass is 9.89. The van der Waals surface area contributed by atoms with E-state index in [0.29, 0.717) is 0 Å². The van der Waals surface area contributed by atoms with E-state index in [2.05, 4.69) is 85.0 Å². The fourth-order valence-corrected chi connectivity index (χ4v) is 4.23. The summed E-state index contributed by atoms with van der Waals surface area (Å²) in [5.74, 6) is 0. The minimum absolute atomic E-state index is 1.16. The van der Waals surface area contributed by atoms with Gasteiger partial charge in [-0.2, -0.15) is 0 Å². The standard InChI is InChI=1S/C26H22/c1-2-4-9-19(10-5-3-1)24-14-8-13-20-15-16-23-17-21-11-6-7-12-22(21)18-25(23)26(20)24/h2,4,6-9,11-18H,1,3,5,10H2. The Hall–Kier alpha value is -2.86. The van der Waals surface area contributed by atoms with Crippen LogP contribution in [0.1, 0.15) is 31.2 Å². The van der Waals surface area contributed by atoms with Gasteiger partial charge in [-0.1, -0.05) is 72.8 Å². The lowest BCUT2D eigenvalue weighted by Crippen LogP contribution is -1.91. The fourth-order valence-electron chi connectivity index (χ4n) is 4.23. The Labute approximate surface area is 154 Å². The van der Waals surface area contributed by atoms with Gasteiger partial charge in [-0.05, 0) is 81.3 Å². The van der Waals surface area contributed by atoms with Crippen LogP contribution in [0, 0.1) is 0 Å². The highest BCUT2D eigenvalue weighted by Gasteiger charge is 2.11. The van der Waals surface area contributed by atoms with E-state index in [-0.39, 0.29) is 0 Å². The van der Waals surface area contributed by atoms with E-state index in [4.69, 9.17) is 0 Å². The van der Waals surface area contributed by atoms with Gasteiger partial charge in [0.15, 0.2) is 0 Å². The maximum atomic E-state index is 2.37. The minimum atomic E-state index is 1.16. The van der Waals surface area contributed by atoms with E-state index in [1.165, 1.54) is 62.7 Å². The van der Waals surface area contributed by atoms with Crippen molar-refractivity contribution in [2.75, 3.05) is 0 Å². The Kier molecular flexibility index (Phi) is 3.83. The number of rotatable bonds is 1. The molecule has 4 aromatic rings. The zero-order valence-corrected chi connectivity index (χ0v) is 14.9. The van der Waals surface area contributed by atoms with Crippen LogP contribution in [0.15, 0.2) is 85.0 Å². The lowest BCUT2D eigenvalue weighted by molar-refractivity contribution is 0.766. The molecule has 0 saturated carbocycles. The first-order valence-electron chi connectivity index (χ1n) is 9.60. The molecule has 4 aromatic carbocycles. The van der Waals surface area contributed by atoms with Gasteiger partial charge in [0.2, 0.25) is 0 Å². The molecular weight excluding hydrogens is 312 g/mol. The number of hydrogen-bond donors (Lipinski definition) is 0. The molecule has 0 bridgehead atoms. The van der Waals surface area contributed by atoms with Crippen LogP contribution in [0.25, 0.3) is 37.9 Å². The average molecular weight is 334 g/mol. The molecule has 0 aromatic heterocycles. The van der Waals surface area contributed by atoms with Gasteiger partial charge in [-0.3, -0.25) is 0 Å². The van der Waals surface area contributed by atoms with Crippen molar-refractivity contribution in [3.05, 3.63) is 90.5 Å². The van der Waals surface area contributed by atoms with Crippen LogP contribution in [-0.4, -0.2) is 0 Å². The Balaban J connectivity index is 1.85. The second kappa shape index (κ2) is 6.46. The maximum absolute atomic E-state index is 2.37. The largest absolute Gasteiger partial charge is 0.0845 e. The molecule has 26 heavy (non-hydrogen) atoms. The van der Waals surface area contributed by atoms with Crippen molar-refractivity contribution >= 4 is 37.9 Å². The minimum Gasteiger partial charge on any atom is -0.0845 e. The van der Waals surface area contributed by atoms with Gasteiger partial charge in [-0.25, -0.2) is 0 Å². The summed E-state index contributed by atoms with van der Waals surface area (Å²) in [6, 6.07) is 24.6. The first-order valence-corrected chi connectivity index (χ1v) is 9.60. The van der Waals surface area contributed by atoms with E-state index >= 15 is 0 Å². The highest BCUT2D eigenvalue weighted by molar-refractivity contribution is 6.15.